The van der Waals surface area contributed by atoms with Gasteiger partial charge in [0.05, 0.1) is 12.1 Å². The molecule has 2 aliphatic carbocycles. The van der Waals surface area contributed by atoms with Gasteiger partial charge in [0.25, 0.3) is 0 Å². The molecule has 2 fully saturated rings. The minimum absolute atomic E-state index is 0.296. The van der Waals surface area contributed by atoms with E-state index in [2.05, 4.69) is 29.1 Å². The Kier molecular flexibility index (Phi) is 3.16. The van der Waals surface area contributed by atoms with Crippen molar-refractivity contribution in [1.29, 1.82) is 0 Å². The summed E-state index contributed by atoms with van der Waals surface area (Å²) in [6.45, 7) is 5.12. The lowest BCUT2D eigenvalue weighted by Gasteiger charge is -2.61. The standard InChI is InChI=1S/C14H23N3O/c1-3-18-12-9-11(14(12)5-4-6-14)17-10(2)13-15-7-8-16-13/h7-8,10-12,17H,3-6,9H2,1-2H3,(H,15,16). The summed E-state index contributed by atoms with van der Waals surface area (Å²) in [5.41, 5.74) is 0.427. The molecule has 0 bridgehead atoms. The first-order chi connectivity index (χ1) is 8.76. The number of ether oxygens (including phenoxy) is 1. The molecule has 0 aromatic carbocycles. The third-order valence-electron chi connectivity index (χ3n) is 4.82. The molecule has 1 aromatic heterocycles. The van der Waals surface area contributed by atoms with Gasteiger partial charge in [-0.05, 0) is 33.1 Å². The van der Waals surface area contributed by atoms with Crippen molar-refractivity contribution < 1.29 is 4.74 Å². The predicted molar refractivity (Wildman–Crippen MR) is 70.2 cm³/mol. The van der Waals surface area contributed by atoms with Crippen LogP contribution >= 0.6 is 0 Å². The lowest BCUT2D eigenvalue weighted by atomic mass is 9.51. The normalized spacial score (nSPS) is 30.8. The third kappa shape index (κ3) is 1.79. The maximum absolute atomic E-state index is 5.87. The van der Waals surface area contributed by atoms with Gasteiger partial charge in [0.1, 0.15) is 5.82 Å². The number of hydrogen-bond donors (Lipinski definition) is 2. The number of hydrogen-bond acceptors (Lipinski definition) is 3. The van der Waals surface area contributed by atoms with Crippen LogP contribution in [0.2, 0.25) is 0 Å². The maximum Gasteiger partial charge on any atom is 0.122 e. The highest BCUT2D eigenvalue weighted by atomic mass is 16.5. The molecule has 1 heterocycles. The van der Waals surface area contributed by atoms with Gasteiger partial charge in [-0.15, -0.1) is 0 Å². The summed E-state index contributed by atoms with van der Waals surface area (Å²) in [5, 5.41) is 3.73. The lowest BCUT2D eigenvalue weighted by Crippen LogP contribution is -2.67. The molecule has 0 aliphatic heterocycles. The summed E-state index contributed by atoms with van der Waals surface area (Å²) in [6, 6.07) is 0.896. The average molecular weight is 249 g/mol. The molecule has 2 saturated carbocycles. The molecule has 4 heteroatoms. The van der Waals surface area contributed by atoms with Crippen molar-refractivity contribution in [3.63, 3.8) is 0 Å². The Morgan fingerprint density at radius 3 is 3.00 bits per heavy atom. The zero-order valence-electron chi connectivity index (χ0n) is 11.3. The Morgan fingerprint density at radius 1 is 1.61 bits per heavy atom. The van der Waals surface area contributed by atoms with Gasteiger partial charge in [-0.1, -0.05) is 6.42 Å². The molecular formula is C14H23N3O. The monoisotopic (exact) mass is 249 g/mol. The number of aromatic nitrogens is 2. The van der Waals surface area contributed by atoms with Crippen LogP contribution in [0, 0.1) is 5.41 Å². The minimum atomic E-state index is 0.296. The molecule has 18 heavy (non-hydrogen) atoms. The third-order valence-corrected chi connectivity index (χ3v) is 4.82. The number of imidazole rings is 1. The van der Waals surface area contributed by atoms with Gasteiger partial charge in [0.2, 0.25) is 0 Å². The summed E-state index contributed by atoms with van der Waals surface area (Å²) in [6.07, 6.45) is 9.33. The molecule has 2 N–H and O–H groups in total. The van der Waals surface area contributed by atoms with E-state index in [4.69, 9.17) is 4.74 Å². The Morgan fingerprint density at radius 2 is 2.44 bits per heavy atom. The molecule has 1 aromatic rings. The number of nitrogens with one attached hydrogen (secondary N) is 2. The van der Waals surface area contributed by atoms with E-state index in [1.54, 1.807) is 0 Å². The quantitative estimate of drug-likeness (QED) is 0.842. The van der Waals surface area contributed by atoms with E-state index >= 15 is 0 Å². The molecule has 3 atom stereocenters. The van der Waals surface area contributed by atoms with Crippen LogP contribution in [-0.4, -0.2) is 28.7 Å². The molecule has 3 unspecified atom stereocenters. The van der Waals surface area contributed by atoms with Crippen molar-refractivity contribution in [1.82, 2.24) is 15.3 Å². The first-order valence-electron chi connectivity index (χ1n) is 7.13. The second kappa shape index (κ2) is 4.67. The van der Waals surface area contributed by atoms with Gasteiger partial charge in [-0.2, -0.15) is 0 Å². The van der Waals surface area contributed by atoms with Gasteiger partial charge >= 0.3 is 0 Å². The molecule has 0 saturated heterocycles. The van der Waals surface area contributed by atoms with Crippen LogP contribution in [0.5, 0.6) is 0 Å². The minimum Gasteiger partial charge on any atom is -0.378 e. The van der Waals surface area contributed by atoms with E-state index in [1.165, 1.54) is 19.3 Å². The Bertz CT molecular complexity index is 386. The van der Waals surface area contributed by atoms with Crippen molar-refractivity contribution in [2.45, 2.75) is 57.7 Å². The van der Waals surface area contributed by atoms with Crippen molar-refractivity contribution in [2.24, 2.45) is 5.41 Å². The smallest absolute Gasteiger partial charge is 0.122 e. The van der Waals surface area contributed by atoms with E-state index in [9.17, 15) is 0 Å². The molecule has 3 rings (SSSR count). The highest BCUT2D eigenvalue weighted by molar-refractivity contribution is 5.13. The van der Waals surface area contributed by atoms with Crippen LogP contribution in [0.25, 0.3) is 0 Å². The first kappa shape index (κ1) is 12.2. The summed E-state index contributed by atoms with van der Waals surface area (Å²) in [5.74, 6) is 1.03. The molecule has 100 valence electrons. The molecule has 4 nitrogen and oxygen atoms in total. The van der Waals surface area contributed by atoms with Crippen molar-refractivity contribution >= 4 is 0 Å². The predicted octanol–water partition coefficient (Wildman–Crippen LogP) is 2.41. The maximum atomic E-state index is 5.87. The van der Waals surface area contributed by atoms with Crippen molar-refractivity contribution in [2.75, 3.05) is 6.61 Å². The lowest BCUT2D eigenvalue weighted by molar-refractivity contribution is -0.174. The van der Waals surface area contributed by atoms with E-state index in [0.717, 1.165) is 18.9 Å². The highest BCUT2D eigenvalue weighted by Crippen LogP contribution is 2.57. The van der Waals surface area contributed by atoms with Crippen LogP contribution in [0.3, 0.4) is 0 Å². The van der Waals surface area contributed by atoms with Gasteiger partial charge < -0.3 is 15.0 Å². The van der Waals surface area contributed by atoms with E-state index in [-0.39, 0.29) is 0 Å². The van der Waals surface area contributed by atoms with Gasteiger partial charge in [-0.3, -0.25) is 0 Å². The number of H-pyrrole nitrogens is 1. The van der Waals surface area contributed by atoms with Crippen LogP contribution in [0.4, 0.5) is 0 Å². The largest absolute Gasteiger partial charge is 0.378 e. The van der Waals surface area contributed by atoms with Crippen molar-refractivity contribution in [3.8, 4) is 0 Å². The van der Waals surface area contributed by atoms with Crippen LogP contribution in [0.1, 0.15) is 51.4 Å². The Hall–Kier alpha value is -0.870. The molecular weight excluding hydrogens is 226 g/mol. The molecule has 1 spiro atoms. The van der Waals surface area contributed by atoms with Crippen LogP contribution < -0.4 is 5.32 Å². The summed E-state index contributed by atoms with van der Waals surface area (Å²) in [7, 11) is 0. The zero-order valence-corrected chi connectivity index (χ0v) is 11.3. The van der Waals surface area contributed by atoms with E-state index in [1.807, 2.05) is 12.4 Å². The SMILES string of the molecule is CCOC1CC(NC(C)c2ncc[nH]2)C12CCC2. The van der Waals surface area contributed by atoms with Gasteiger partial charge in [0, 0.05) is 30.5 Å². The molecule has 2 aliphatic rings. The fourth-order valence-corrected chi connectivity index (χ4v) is 3.57. The Labute approximate surface area is 109 Å². The Balaban J connectivity index is 1.61. The molecule has 0 radical (unpaired) electrons. The van der Waals surface area contributed by atoms with Crippen LogP contribution in [-0.2, 0) is 4.74 Å². The summed E-state index contributed by atoms with van der Waals surface area (Å²) in [4.78, 5) is 7.51. The summed E-state index contributed by atoms with van der Waals surface area (Å²) < 4.78 is 5.87. The summed E-state index contributed by atoms with van der Waals surface area (Å²) >= 11 is 0. The fraction of sp³-hybridized carbons (Fsp3) is 0.786. The second-order valence-electron chi connectivity index (χ2n) is 5.68. The number of aromatic amines is 1. The average Bonchev–Trinajstić information content (AvgIpc) is 2.78. The second-order valence-corrected chi connectivity index (χ2v) is 5.68. The zero-order chi connectivity index (χ0) is 12.6. The highest BCUT2D eigenvalue weighted by Gasteiger charge is 2.58. The van der Waals surface area contributed by atoms with Gasteiger partial charge in [-0.25, -0.2) is 4.98 Å². The van der Waals surface area contributed by atoms with E-state index in [0.29, 0.717) is 23.6 Å². The van der Waals surface area contributed by atoms with Crippen molar-refractivity contribution in [3.05, 3.63) is 18.2 Å². The molecule has 0 amide bonds. The fourth-order valence-electron chi connectivity index (χ4n) is 3.57. The van der Waals surface area contributed by atoms with E-state index < -0.39 is 0 Å². The van der Waals surface area contributed by atoms with Crippen LogP contribution in [0.15, 0.2) is 12.4 Å². The van der Waals surface area contributed by atoms with Gasteiger partial charge in [0.15, 0.2) is 0 Å². The number of rotatable bonds is 5. The number of nitrogens with zero attached hydrogens (tertiary/aromatic N) is 1. The topological polar surface area (TPSA) is 49.9 Å². The first-order valence-corrected chi connectivity index (χ1v) is 7.13.